The van der Waals surface area contributed by atoms with E-state index >= 15 is 0 Å². The highest BCUT2D eigenvalue weighted by Crippen LogP contribution is 2.39. The van der Waals surface area contributed by atoms with Crippen LogP contribution in [0.25, 0.3) is 95.2 Å². The predicted octanol–water partition coefficient (Wildman–Crippen LogP) is 11.7. The molecule has 0 aliphatic heterocycles. The van der Waals surface area contributed by atoms with Crippen LogP contribution >= 0.6 is 0 Å². The first-order chi connectivity index (χ1) is 26.1. The Morgan fingerprint density at radius 1 is 0.434 bits per heavy atom. The molecule has 0 bridgehead atoms. The lowest BCUT2D eigenvalue weighted by atomic mass is 9.87. The number of aromatic nitrogens is 3. The normalized spacial score (nSPS) is 12.5. The Bertz CT molecular complexity index is 2980. The molecule has 1 aliphatic rings. The Morgan fingerprint density at radius 3 is 1.91 bits per heavy atom. The molecule has 7 aromatic carbocycles. The van der Waals surface area contributed by atoms with E-state index in [1.165, 1.54) is 0 Å². The van der Waals surface area contributed by atoms with E-state index in [4.69, 9.17) is 30.2 Å². The molecule has 0 spiro atoms. The number of fused-ring (bicyclic) bond motifs is 6. The van der Waals surface area contributed by atoms with Gasteiger partial charge in [-0.15, -0.1) is 0 Å². The zero-order valence-electron chi connectivity index (χ0n) is 28.3. The second kappa shape index (κ2) is 12.2. The summed E-state index contributed by atoms with van der Waals surface area (Å²) in [7, 11) is 0. The highest BCUT2D eigenvalue weighted by Gasteiger charge is 2.21. The molecular weight excluding hydrogens is 651 g/mol. The second-order valence-corrected chi connectivity index (χ2v) is 13.2. The largest absolute Gasteiger partial charge is 0.456 e. The molecule has 0 radical (unpaired) electrons. The molecular formula is C47H29N5O. The maximum Gasteiger partial charge on any atom is 0.164 e. The topological polar surface area (TPSA) is 99.5 Å². The second-order valence-electron chi connectivity index (χ2n) is 13.2. The van der Waals surface area contributed by atoms with Crippen LogP contribution < -0.4 is 0 Å². The Kier molecular flexibility index (Phi) is 7.01. The third-order valence-corrected chi connectivity index (χ3v) is 10.0. The number of nitrogens with zero attached hydrogens (tertiary/aromatic N) is 3. The Labute approximate surface area is 304 Å². The van der Waals surface area contributed by atoms with Crippen molar-refractivity contribution in [2.24, 2.45) is 0 Å². The predicted molar refractivity (Wildman–Crippen MR) is 215 cm³/mol. The maximum absolute atomic E-state index is 8.77. The SMILES string of the molecule is N=C1C=Cc2ccc3ccc(-c4ccccc4-c4nc(-c5ccc(-c6ccccc6)cc5)nc(-c5cccc6oc7ccccc7c56)n4)cc3c2C1=N. The van der Waals surface area contributed by atoms with Crippen LogP contribution in [0.5, 0.6) is 0 Å². The number of hydrogen-bond donors (Lipinski definition) is 2. The van der Waals surface area contributed by atoms with E-state index in [1.807, 2.05) is 78.9 Å². The van der Waals surface area contributed by atoms with Gasteiger partial charge in [-0.2, -0.15) is 0 Å². The number of hydrogen-bond acceptors (Lipinski definition) is 6. The van der Waals surface area contributed by atoms with Crippen LogP contribution in [0.2, 0.25) is 0 Å². The summed E-state index contributed by atoms with van der Waals surface area (Å²) < 4.78 is 6.26. The number of allylic oxidation sites excluding steroid dienone is 1. The Hall–Kier alpha value is -7.31. The van der Waals surface area contributed by atoms with E-state index in [1.54, 1.807) is 6.08 Å². The third-order valence-electron chi connectivity index (χ3n) is 10.0. The van der Waals surface area contributed by atoms with Crippen molar-refractivity contribution in [3.05, 3.63) is 169 Å². The van der Waals surface area contributed by atoms with E-state index < -0.39 is 0 Å². The van der Waals surface area contributed by atoms with E-state index in [0.717, 1.165) is 82.8 Å². The molecule has 1 aliphatic carbocycles. The number of para-hydroxylation sites is 1. The van der Waals surface area contributed by atoms with Gasteiger partial charge in [0.05, 0.1) is 11.4 Å². The number of rotatable bonds is 5. The van der Waals surface area contributed by atoms with Gasteiger partial charge in [-0.05, 0) is 62.9 Å². The lowest BCUT2D eigenvalue weighted by Crippen LogP contribution is -2.16. The number of furan rings is 1. The lowest BCUT2D eigenvalue weighted by Gasteiger charge is -2.17. The van der Waals surface area contributed by atoms with Crippen LogP contribution in [-0.2, 0) is 0 Å². The molecule has 6 heteroatoms. The van der Waals surface area contributed by atoms with Gasteiger partial charge in [-0.25, -0.2) is 15.0 Å². The molecule has 0 amide bonds. The first kappa shape index (κ1) is 30.5. The zero-order valence-corrected chi connectivity index (χ0v) is 28.3. The molecule has 0 unspecified atom stereocenters. The van der Waals surface area contributed by atoms with Crippen molar-refractivity contribution in [3.63, 3.8) is 0 Å². The highest BCUT2D eigenvalue weighted by molar-refractivity contribution is 6.53. The summed E-state index contributed by atoms with van der Waals surface area (Å²) in [5.41, 5.74) is 10.5. The van der Waals surface area contributed by atoms with Gasteiger partial charge in [-0.3, -0.25) is 10.8 Å². The average Bonchev–Trinajstić information content (AvgIpc) is 3.61. The summed E-state index contributed by atoms with van der Waals surface area (Å²) in [5.74, 6) is 1.66. The molecule has 0 atom stereocenters. The summed E-state index contributed by atoms with van der Waals surface area (Å²) in [6.07, 6.45) is 3.60. The summed E-state index contributed by atoms with van der Waals surface area (Å²) in [4.78, 5) is 15.5. The molecule has 0 saturated heterocycles. The van der Waals surface area contributed by atoms with Crippen LogP contribution in [0.3, 0.4) is 0 Å². The maximum atomic E-state index is 8.77. The van der Waals surface area contributed by atoms with E-state index in [9.17, 15) is 0 Å². The lowest BCUT2D eigenvalue weighted by molar-refractivity contribution is 0.669. The average molecular weight is 680 g/mol. The minimum absolute atomic E-state index is 0.207. The third kappa shape index (κ3) is 5.16. The van der Waals surface area contributed by atoms with Gasteiger partial charge in [0.15, 0.2) is 17.5 Å². The van der Waals surface area contributed by atoms with E-state index in [-0.39, 0.29) is 11.4 Å². The molecule has 2 heterocycles. The fourth-order valence-corrected chi connectivity index (χ4v) is 7.39. The standard InChI is InChI=1S/C47H29N5O/c48-39-26-25-31-21-19-30-20-24-33(27-38(30)42(31)44(39)49)34-11-4-5-12-35(34)46-50-45(32-22-17-29(18-23-32)28-9-2-1-3-10-28)51-47(52-46)37-14-8-16-41-43(37)36-13-6-7-15-40(36)53-41/h1-27,48-49H. The van der Waals surface area contributed by atoms with Crippen LogP contribution in [0, 0.1) is 10.8 Å². The minimum atomic E-state index is 0.207. The van der Waals surface area contributed by atoms with Crippen LogP contribution in [0.1, 0.15) is 11.1 Å². The van der Waals surface area contributed by atoms with Gasteiger partial charge in [-0.1, -0.05) is 140 Å². The first-order valence-corrected chi connectivity index (χ1v) is 17.4. The van der Waals surface area contributed by atoms with E-state index in [2.05, 4.69) is 78.9 Å². The van der Waals surface area contributed by atoms with Crippen molar-refractivity contribution in [1.82, 2.24) is 15.0 Å². The Morgan fingerprint density at radius 2 is 1.06 bits per heavy atom. The number of benzene rings is 7. The molecule has 248 valence electrons. The molecule has 53 heavy (non-hydrogen) atoms. The molecule has 2 aromatic heterocycles. The van der Waals surface area contributed by atoms with Gasteiger partial charge in [0.1, 0.15) is 11.2 Å². The highest BCUT2D eigenvalue weighted by atomic mass is 16.3. The van der Waals surface area contributed by atoms with Gasteiger partial charge in [0.25, 0.3) is 0 Å². The molecule has 0 fully saturated rings. The summed E-state index contributed by atoms with van der Waals surface area (Å²) in [6, 6.07) is 51.3. The van der Waals surface area contributed by atoms with Gasteiger partial charge in [0.2, 0.25) is 0 Å². The molecule has 9 aromatic rings. The van der Waals surface area contributed by atoms with Crippen molar-refractivity contribution >= 4 is 50.2 Å². The monoisotopic (exact) mass is 679 g/mol. The summed E-state index contributed by atoms with van der Waals surface area (Å²) in [5, 5.41) is 21.0. The van der Waals surface area contributed by atoms with Gasteiger partial charge >= 0.3 is 0 Å². The zero-order chi connectivity index (χ0) is 35.5. The fourth-order valence-electron chi connectivity index (χ4n) is 7.39. The first-order valence-electron chi connectivity index (χ1n) is 17.4. The molecule has 10 rings (SSSR count). The smallest absolute Gasteiger partial charge is 0.164 e. The van der Waals surface area contributed by atoms with Crippen molar-refractivity contribution in [2.75, 3.05) is 0 Å². The molecule has 6 nitrogen and oxygen atoms in total. The van der Waals surface area contributed by atoms with Crippen LogP contribution in [0.4, 0.5) is 0 Å². The van der Waals surface area contributed by atoms with Gasteiger partial charge < -0.3 is 4.42 Å². The molecule has 2 N–H and O–H groups in total. The van der Waals surface area contributed by atoms with Crippen molar-refractivity contribution in [2.45, 2.75) is 0 Å². The van der Waals surface area contributed by atoms with Crippen LogP contribution in [0.15, 0.2) is 162 Å². The fraction of sp³-hybridized carbons (Fsp3) is 0. The summed E-state index contributed by atoms with van der Waals surface area (Å²) in [6.45, 7) is 0. The van der Waals surface area contributed by atoms with Crippen LogP contribution in [-0.4, -0.2) is 26.4 Å². The minimum Gasteiger partial charge on any atom is -0.456 e. The number of nitrogens with one attached hydrogen (secondary N) is 2. The van der Waals surface area contributed by atoms with Gasteiger partial charge in [0, 0.05) is 33.0 Å². The van der Waals surface area contributed by atoms with Crippen molar-refractivity contribution < 1.29 is 4.42 Å². The molecule has 0 saturated carbocycles. The van der Waals surface area contributed by atoms with Crippen molar-refractivity contribution in [1.29, 1.82) is 10.8 Å². The quantitative estimate of drug-likeness (QED) is 0.189. The summed E-state index contributed by atoms with van der Waals surface area (Å²) >= 11 is 0. The van der Waals surface area contributed by atoms with E-state index in [0.29, 0.717) is 17.5 Å². The van der Waals surface area contributed by atoms with Crippen molar-refractivity contribution in [3.8, 4) is 56.4 Å². The Balaban J connectivity index is 1.18.